The smallest absolute Gasteiger partial charge is 0.0623 e. The van der Waals surface area contributed by atoms with Gasteiger partial charge in [0.25, 0.3) is 0 Å². The van der Waals surface area contributed by atoms with Gasteiger partial charge in [-0.25, -0.2) is 0 Å². The van der Waals surface area contributed by atoms with Gasteiger partial charge in [0.15, 0.2) is 0 Å². The molecule has 0 aliphatic carbocycles. The zero-order valence-corrected chi connectivity index (χ0v) is 27.6. The van der Waals surface area contributed by atoms with Crippen LogP contribution in [0.5, 0.6) is 0 Å². The lowest BCUT2D eigenvalue weighted by molar-refractivity contribution is 0.591. The Morgan fingerprint density at radius 2 is 1.11 bits per heavy atom. The molecular weight excluding hydrogens is 585 g/mol. The van der Waals surface area contributed by atoms with Crippen LogP contribution in [0.2, 0.25) is 0 Å². The summed E-state index contributed by atoms with van der Waals surface area (Å²) in [7, 11) is 0. The standard InChI is InChI=1S/C46H34S/c1-46(2,3)32-25-26-39-42(28-32)47-41-22-12-21-40(45(39)41)44-37-19-10-8-17-35(37)43(36-18-9-11-20-38(36)44)34-16-7-6-15-33(34)31-24-23-29-13-4-5-14-30(29)27-31/h4-28H,1-3H3/i4D. The van der Waals surface area contributed by atoms with Crippen LogP contribution in [0.1, 0.15) is 27.7 Å². The van der Waals surface area contributed by atoms with Crippen LogP contribution in [0.15, 0.2) is 152 Å². The number of hydrogen-bond acceptors (Lipinski definition) is 1. The van der Waals surface area contributed by atoms with Gasteiger partial charge in [-0.2, -0.15) is 0 Å². The largest absolute Gasteiger partial charge is 0.135 e. The second-order valence-electron chi connectivity index (χ2n) is 13.6. The molecule has 0 bridgehead atoms. The number of hydrogen-bond donors (Lipinski definition) is 0. The molecule has 47 heavy (non-hydrogen) atoms. The summed E-state index contributed by atoms with van der Waals surface area (Å²) in [6, 6.07) is 53.7. The minimum absolute atomic E-state index is 0.101. The molecular formula is C46H34S. The van der Waals surface area contributed by atoms with Gasteiger partial charge in [-0.15, -0.1) is 11.3 Å². The fraction of sp³-hybridized carbons (Fsp3) is 0.0870. The van der Waals surface area contributed by atoms with Gasteiger partial charge in [0.1, 0.15) is 0 Å². The highest BCUT2D eigenvalue weighted by Gasteiger charge is 2.22. The zero-order valence-electron chi connectivity index (χ0n) is 27.8. The van der Waals surface area contributed by atoms with Gasteiger partial charge >= 0.3 is 0 Å². The van der Waals surface area contributed by atoms with Crippen LogP contribution in [0.3, 0.4) is 0 Å². The number of rotatable bonds is 3. The van der Waals surface area contributed by atoms with Gasteiger partial charge in [-0.3, -0.25) is 0 Å². The van der Waals surface area contributed by atoms with Crippen LogP contribution in [-0.2, 0) is 5.41 Å². The Morgan fingerprint density at radius 1 is 0.468 bits per heavy atom. The van der Waals surface area contributed by atoms with Crippen molar-refractivity contribution in [1.82, 2.24) is 0 Å². The summed E-state index contributed by atoms with van der Waals surface area (Å²) in [5.74, 6) is 0. The summed E-state index contributed by atoms with van der Waals surface area (Å²) >= 11 is 1.90. The van der Waals surface area contributed by atoms with Crippen molar-refractivity contribution in [2.24, 2.45) is 0 Å². The molecule has 0 fully saturated rings. The fourth-order valence-electron chi connectivity index (χ4n) is 7.46. The molecule has 0 amide bonds. The van der Waals surface area contributed by atoms with Gasteiger partial charge in [0.05, 0.1) is 1.37 Å². The predicted octanol–water partition coefficient (Wildman–Crippen LogP) is 13.8. The maximum Gasteiger partial charge on any atom is 0.0623 e. The molecule has 8 aromatic carbocycles. The first kappa shape index (κ1) is 26.9. The van der Waals surface area contributed by atoms with Gasteiger partial charge < -0.3 is 0 Å². The van der Waals surface area contributed by atoms with Crippen molar-refractivity contribution in [3.05, 3.63) is 157 Å². The molecule has 0 aliphatic rings. The summed E-state index contributed by atoms with van der Waals surface area (Å²) in [4.78, 5) is 0. The second kappa shape index (κ2) is 10.7. The highest BCUT2D eigenvalue weighted by atomic mass is 32.1. The van der Waals surface area contributed by atoms with E-state index in [1.807, 2.05) is 23.5 Å². The molecule has 0 nitrogen and oxygen atoms in total. The van der Waals surface area contributed by atoms with E-state index in [4.69, 9.17) is 1.37 Å². The molecule has 1 heterocycles. The fourth-order valence-corrected chi connectivity index (χ4v) is 8.63. The summed E-state index contributed by atoms with van der Waals surface area (Å²) < 4.78 is 10.8. The van der Waals surface area contributed by atoms with Crippen LogP contribution in [-0.4, -0.2) is 0 Å². The molecule has 0 unspecified atom stereocenters. The Kier molecular flexibility index (Phi) is 6.11. The third-order valence-corrected chi connectivity index (χ3v) is 10.9. The Labute approximate surface area is 281 Å². The van der Waals surface area contributed by atoms with E-state index in [1.54, 1.807) is 0 Å². The topological polar surface area (TPSA) is 0 Å². The molecule has 9 rings (SSSR count). The number of fused-ring (bicyclic) bond motifs is 6. The first-order valence-electron chi connectivity index (χ1n) is 16.8. The lowest BCUT2D eigenvalue weighted by Crippen LogP contribution is -2.10. The highest BCUT2D eigenvalue weighted by Crippen LogP contribution is 2.49. The van der Waals surface area contributed by atoms with Crippen LogP contribution in [0, 0.1) is 0 Å². The van der Waals surface area contributed by atoms with Gasteiger partial charge in [0, 0.05) is 20.2 Å². The van der Waals surface area contributed by atoms with E-state index in [0.717, 1.165) is 10.8 Å². The van der Waals surface area contributed by atoms with Crippen molar-refractivity contribution in [1.29, 1.82) is 0 Å². The lowest BCUT2D eigenvalue weighted by Gasteiger charge is -2.20. The highest BCUT2D eigenvalue weighted by molar-refractivity contribution is 7.26. The van der Waals surface area contributed by atoms with Crippen LogP contribution < -0.4 is 0 Å². The molecule has 0 radical (unpaired) electrons. The molecule has 1 heteroatoms. The maximum atomic E-state index is 8.08. The molecule has 0 N–H and O–H groups in total. The molecule has 224 valence electrons. The van der Waals surface area contributed by atoms with Crippen molar-refractivity contribution in [3.8, 4) is 33.4 Å². The van der Waals surface area contributed by atoms with Crippen molar-refractivity contribution < 1.29 is 1.37 Å². The normalized spacial score (nSPS) is 12.4. The number of thiophene rings is 1. The monoisotopic (exact) mass is 619 g/mol. The predicted molar refractivity (Wildman–Crippen MR) is 207 cm³/mol. The third kappa shape index (κ3) is 4.49. The SMILES string of the molecule is [2H]c1ccc2cc(-c3ccccc3-c3c4ccccc4c(-c4cccc5sc6cc(C(C)(C)C)ccc6c45)c4ccccc34)ccc2c1. The Hall–Kier alpha value is -5.24. The lowest BCUT2D eigenvalue weighted by atomic mass is 9.83. The number of benzene rings is 8. The quantitative estimate of drug-likeness (QED) is 0.173. The third-order valence-electron chi connectivity index (χ3n) is 9.76. The first-order chi connectivity index (χ1) is 23.3. The molecule has 0 aliphatic heterocycles. The van der Waals surface area contributed by atoms with Crippen molar-refractivity contribution in [2.75, 3.05) is 0 Å². The van der Waals surface area contributed by atoms with E-state index >= 15 is 0 Å². The van der Waals surface area contributed by atoms with Crippen molar-refractivity contribution in [3.63, 3.8) is 0 Å². The minimum Gasteiger partial charge on any atom is -0.135 e. The average molecular weight is 620 g/mol. The summed E-state index contributed by atoms with van der Waals surface area (Å²) in [5.41, 5.74) is 8.93. The van der Waals surface area contributed by atoms with E-state index in [9.17, 15) is 0 Å². The van der Waals surface area contributed by atoms with E-state index in [1.165, 1.54) is 80.7 Å². The van der Waals surface area contributed by atoms with E-state index in [-0.39, 0.29) is 5.41 Å². The van der Waals surface area contributed by atoms with Crippen LogP contribution in [0.4, 0.5) is 0 Å². The molecule has 0 saturated carbocycles. The van der Waals surface area contributed by atoms with E-state index in [0.29, 0.717) is 6.04 Å². The molecule has 1 aromatic heterocycles. The molecule has 0 atom stereocenters. The Morgan fingerprint density at radius 3 is 1.81 bits per heavy atom. The Balaban J connectivity index is 1.35. The van der Waals surface area contributed by atoms with Crippen molar-refractivity contribution >= 4 is 63.8 Å². The zero-order chi connectivity index (χ0) is 32.6. The molecule has 0 spiro atoms. The van der Waals surface area contributed by atoms with E-state index in [2.05, 4.69) is 154 Å². The molecule has 0 saturated heterocycles. The second-order valence-corrected chi connectivity index (χ2v) is 14.7. The summed E-state index contributed by atoms with van der Waals surface area (Å²) in [6.07, 6.45) is 0. The van der Waals surface area contributed by atoms with E-state index < -0.39 is 0 Å². The Bertz CT molecular complexity index is 2670. The van der Waals surface area contributed by atoms with Crippen LogP contribution >= 0.6 is 11.3 Å². The molecule has 9 aromatic rings. The van der Waals surface area contributed by atoms with Gasteiger partial charge in [-0.1, -0.05) is 154 Å². The van der Waals surface area contributed by atoms with Gasteiger partial charge in [-0.05, 0) is 94.9 Å². The maximum absolute atomic E-state index is 8.08. The van der Waals surface area contributed by atoms with Crippen LogP contribution in [0.25, 0.3) is 85.9 Å². The summed E-state index contributed by atoms with van der Waals surface area (Å²) in [6.45, 7) is 6.87. The minimum atomic E-state index is 0.101. The average Bonchev–Trinajstić information content (AvgIpc) is 3.48. The first-order valence-corrected chi connectivity index (χ1v) is 17.2. The van der Waals surface area contributed by atoms with Gasteiger partial charge in [0.2, 0.25) is 0 Å². The summed E-state index contributed by atoms with van der Waals surface area (Å²) in [5, 5.41) is 9.95. The van der Waals surface area contributed by atoms with Crippen molar-refractivity contribution in [2.45, 2.75) is 26.2 Å².